The van der Waals surface area contributed by atoms with E-state index < -0.39 is 47.8 Å². The van der Waals surface area contributed by atoms with Crippen LogP contribution in [-0.4, -0.2) is 59.8 Å². The minimum atomic E-state index is -5.07. The normalized spacial score (nSPS) is 19.7. The van der Waals surface area contributed by atoms with Gasteiger partial charge < -0.3 is 15.5 Å². The van der Waals surface area contributed by atoms with E-state index in [1.807, 2.05) is 0 Å². The Morgan fingerprint density at radius 2 is 1.63 bits per heavy atom. The van der Waals surface area contributed by atoms with Crippen LogP contribution in [0, 0.1) is 11.8 Å². The number of alkyl halides is 3. The molecule has 0 radical (unpaired) electrons. The molecule has 10 heteroatoms. The fourth-order valence-corrected chi connectivity index (χ4v) is 3.06. The number of rotatable bonds is 8. The molecule has 27 heavy (non-hydrogen) atoms. The lowest BCUT2D eigenvalue weighted by Gasteiger charge is -2.31. The molecule has 0 saturated carbocycles. The summed E-state index contributed by atoms with van der Waals surface area (Å²) in [6.07, 6.45) is -3.90. The van der Waals surface area contributed by atoms with E-state index >= 15 is 0 Å². The van der Waals surface area contributed by atoms with Crippen LogP contribution in [0.5, 0.6) is 0 Å². The SMILES string of the molecule is CC(C)C(NC=O)C(=O)N1CCCC1C(=O)NC(C(=O)C(F)(F)F)C(C)C. The van der Waals surface area contributed by atoms with E-state index in [0.29, 0.717) is 12.8 Å². The quantitative estimate of drug-likeness (QED) is 0.602. The summed E-state index contributed by atoms with van der Waals surface area (Å²) in [7, 11) is 0. The van der Waals surface area contributed by atoms with E-state index in [9.17, 15) is 32.3 Å². The van der Waals surface area contributed by atoms with Gasteiger partial charge in [-0.2, -0.15) is 13.2 Å². The topological polar surface area (TPSA) is 95.6 Å². The first-order valence-electron chi connectivity index (χ1n) is 8.83. The van der Waals surface area contributed by atoms with Crippen LogP contribution < -0.4 is 10.6 Å². The van der Waals surface area contributed by atoms with Gasteiger partial charge in [0, 0.05) is 6.54 Å². The molecule has 3 atom stereocenters. The zero-order valence-corrected chi connectivity index (χ0v) is 15.8. The van der Waals surface area contributed by atoms with Gasteiger partial charge in [-0.25, -0.2) is 0 Å². The first-order chi connectivity index (χ1) is 12.4. The van der Waals surface area contributed by atoms with E-state index in [0.717, 1.165) is 0 Å². The van der Waals surface area contributed by atoms with Crippen molar-refractivity contribution >= 4 is 24.0 Å². The van der Waals surface area contributed by atoms with E-state index in [4.69, 9.17) is 0 Å². The standard InChI is InChI=1S/C17H26F3N3O4/c1-9(2)12(14(25)17(18,19)20)22-15(26)11-6-5-7-23(11)16(27)13(10(3)4)21-8-24/h8-13H,5-7H2,1-4H3,(H,21,24)(H,22,26). The number of carbonyl (C=O) groups is 4. The summed E-state index contributed by atoms with van der Waals surface area (Å²) in [5, 5.41) is 4.57. The first kappa shape index (κ1) is 22.9. The molecule has 1 fully saturated rings. The number of nitrogens with one attached hydrogen (secondary N) is 2. The molecule has 154 valence electrons. The molecule has 0 aliphatic carbocycles. The molecule has 1 aliphatic rings. The van der Waals surface area contributed by atoms with Gasteiger partial charge in [0.1, 0.15) is 12.1 Å². The van der Waals surface area contributed by atoms with Crippen molar-refractivity contribution in [2.45, 2.75) is 64.8 Å². The summed E-state index contributed by atoms with van der Waals surface area (Å²) >= 11 is 0. The molecule has 1 rings (SSSR count). The number of hydrogen-bond acceptors (Lipinski definition) is 4. The molecule has 3 unspecified atom stereocenters. The van der Waals surface area contributed by atoms with Crippen molar-refractivity contribution in [3.63, 3.8) is 0 Å². The molecule has 7 nitrogen and oxygen atoms in total. The van der Waals surface area contributed by atoms with Gasteiger partial charge in [-0.15, -0.1) is 0 Å². The van der Waals surface area contributed by atoms with Crippen LogP contribution in [0.1, 0.15) is 40.5 Å². The highest BCUT2D eigenvalue weighted by Crippen LogP contribution is 2.23. The molecular formula is C17H26F3N3O4. The minimum Gasteiger partial charge on any atom is -0.347 e. The van der Waals surface area contributed by atoms with Crippen LogP contribution in [0.25, 0.3) is 0 Å². The molecular weight excluding hydrogens is 367 g/mol. The fraction of sp³-hybridized carbons (Fsp3) is 0.765. The zero-order chi connectivity index (χ0) is 20.9. The molecule has 0 aromatic rings. The molecule has 0 aromatic heterocycles. The third-order valence-corrected chi connectivity index (χ3v) is 4.55. The summed E-state index contributed by atoms with van der Waals surface area (Å²) in [6.45, 7) is 6.49. The minimum absolute atomic E-state index is 0.234. The van der Waals surface area contributed by atoms with Crippen LogP contribution in [0.4, 0.5) is 13.2 Å². The van der Waals surface area contributed by atoms with Crippen LogP contribution in [-0.2, 0) is 19.2 Å². The molecule has 1 aliphatic heterocycles. The Bertz CT molecular complexity index is 578. The van der Waals surface area contributed by atoms with Crippen molar-refractivity contribution in [2.75, 3.05) is 6.54 Å². The third-order valence-electron chi connectivity index (χ3n) is 4.55. The van der Waals surface area contributed by atoms with Crippen LogP contribution >= 0.6 is 0 Å². The average Bonchev–Trinajstić information content (AvgIpc) is 3.04. The van der Waals surface area contributed by atoms with Gasteiger partial charge in [-0.3, -0.25) is 19.2 Å². The number of halogens is 3. The maximum absolute atomic E-state index is 12.8. The van der Waals surface area contributed by atoms with Gasteiger partial charge in [-0.1, -0.05) is 27.7 Å². The summed E-state index contributed by atoms with van der Waals surface area (Å²) in [5.74, 6) is -4.30. The van der Waals surface area contributed by atoms with E-state index in [1.165, 1.54) is 18.7 Å². The van der Waals surface area contributed by atoms with Crippen molar-refractivity contribution in [1.82, 2.24) is 15.5 Å². The highest BCUT2D eigenvalue weighted by molar-refractivity contribution is 5.96. The average molecular weight is 393 g/mol. The second-order valence-electron chi connectivity index (χ2n) is 7.29. The largest absolute Gasteiger partial charge is 0.452 e. The number of carbonyl (C=O) groups excluding carboxylic acids is 4. The summed E-state index contributed by atoms with van der Waals surface area (Å²) < 4.78 is 38.3. The molecule has 3 amide bonds. The molecule has 2 N–H and O–H groups in total. The van der Waals surface area contributed by atoms with E-state index in [1.54, 1.807) is 13.8 Å². The molecule has 1 saturated heterocycles. The Balaban J connectivity index is 2.96. The number of likely N-dealkylation sites (tertiary alicyclic amines) is 1. The van der Waals surface area contributed by atoms with Gasteiger partial charge in [0.05, 0.1) is 6.04 Å². The van der Waals surface area contributed by atoms with Gasteiger partial charge in [0.2, 0.25) is 18.2 Å². The Labute approximate surface area is 156 Å². The Kier molecular flexibility index (Phi) is 7.79. The highest BCUT2D eigenvalue weighted by atomic mass is 19.4. The first-order valence-corrected chi connectivity index (χ1v) is 8.83. The van der Waals surface area contributed by atoms with Crippen molar-refractivity contribution in [3.8, 4) is 0 Å². The zero-order valence-electron chi connectivity index (χ0n) is 15.8. The second-order valence-corrected chi connectivity index (χ2v) is 7.29. The number of nitrogens with zero attached hydrogens (tertiary/aromatic N) is 1. The number of hydrogen-bond donors (Lipinski definition) is 2. The molecule has 1 heterocycles. The van der Waals surface area contributed by atoms with Gasteiger partial charge in [0.15, 0.2) is 0 Å². The van der Waals surface area contributed by atoms with Crippen molar-refractivity contribution in [2.24, 2.45) is 11.8 Å². The van der Waals surface area contributed by atoms with Crippen LogP contribution in [0.3, 0.4) is 0 Å². The second kappa shape index (κ2) is 9.18. The van der Waals surface area contributed by atoms with Crippen LogP contribution in [0.2, 0.25) is 0 Å². The van der Waals surface area contributed by atoms with Gasteiger partial charge in [0.25, 0.3) is 5.78 Å². The van der Waals surface area contributed by atoms with E-state index in [-0.39, 0.29) is 18.9 Å². The Morgan fingerprint density at radius 1 is 1.07 bits per heavy atom. The van der Waals surface area contributed by atoms with E-state index in [2.05, 4.69) is 10.6 Å². The van der Waals surface area contributed by atoms with Gasteiger partial charge >= 0.3 is 6.18 Å². The highest BCUT2D eigenvalue weighted by Gasteiger charge is 2.46. The van der Waals surface area contributed by atoms with Gasteiger partial charge in [-0.05, 0) is 24.7 Å². The lowest BCUT2D eigenvalue weighted by Crippen LogP contribution is -2.57. The summed E-state index contributed by atoms with van der Waals surface area (Å²) in [5.41, 5.74) is 0. The number of Topliss-reactive ketones (excluding diaryl/α,β-unsaturated/α-hetero) is 1. The molecule has 0 aromatic carbocycles. The molecule has 0 bridgehead atoms. The molecule has 0 spiro atoms. The summed E-state index contributed by atoms with van der Waals surface area (Å²) in [4.78, 5) is 48.8. The number of ketones is 1. The fourth-order valence-electron chi connectivity index (χ4n) is 3.06. The predicted octanol–water partition coefficient (Wildman–Crippen LogP) is 1.02. The van der Waals surface area contributed by atoms with Crippen LogP contribution in [0.15, 0.2) is 0 Å². The summed E-state index contributed by atoms with van der Waals surface area (Å²) in [6, 6.07) is -3.54. The lowest BCUT2D eigenvalue weighted by atomic mass is 9.98. The monoisotopic (exact) mass is 393 g/mol. The lowest BCUT2D eigenvalue weighted by molar-refractivity contribution is -0.175. The van der Waals surface area contributed by atoms with Crippen molar-refractivity contribution in [1.29, 1.82) is 0 Å². The van der Waals surface area contributed by atoms with Crippen molar-refractivity contribution in [3.05, 3.63) is 0 Å². The Morgan fingerprint density at radius 3 is 2.07 bits per heavy atom. The maximum Gasteiger partial charge on any atom is 0.452 e. The van der Waals surface area contributed by atoms with Crippen molar-refractivity contribution < 1.29 is 32.3 Å². The third kappa shape index (κ3) is 5.67. The number of amides is 3. The maximum atomic E-state index is 12.8. The Hall–Kier alpha value is -2.13. The smallest absolute Gasteiger partial charge is 0.347 e. The predicted molar refractivity (Wildman–Crippen MR) is 90.4 cm³/mol.